The van der Waals surface area contributed by atoms with Crippen LogP contribution in [0, 0.1) is 0 Å². The molecule has 0 radical (unpaired) electrons. The van der Waals surface area contributed by atoms with Gasteiger partial charge in [0.25, 0.3) is 0 Å². The Balaban J connectivity index is 1.67. The number of ether oxygens (including phenoxy) is 1. The molecule has 1 N–H and O–H groups in total. The Hall–Kier alpha value is -2.60. The summed E-state index contributed by atoms with van der Waals surface area (Å²) in [4.78, 5) is 12.1. The molecule has 0 spiro atoms. The molecule has 1 heterocycles. The average molecular weight is 387 g/mol. The van der Waals surface area contributed by atoms with Crippen LogP contribution in [0.5, 0.6) is 5.75 Å². The molecule has 3 aromatic rings. The summed E-state index contributed by atoms with van der Waals surface area (Å²) in [5.74, 6) is 1.18. The van der Waals surface area contributed by atoms with Crippen molar-refractivity contribution >= 4 is 27.5 Å². The van der Waals surface area contributed by atoms with Gasteiger partial charge in [0.1, 0.15) is 5.75 Å². The lowest BCUT2D eigenvalue weighted by Gasteiger charge is -2.03. The van der Waals surface area contributed by atoms with Crippen molar-refractivity contribution in [3.8, 4) is 17.1 Å². The van der Waals surface area contributed by atoms with Gasteiger partial charge in [-0.15, -0.1) is 0 Å². The molecule has 3 rings (SSSR count). The van der Waals surface area contributed by atoms with Gasteiger partial charge in [-0.1, -0.05) is 33.2 Å². The van der Waals surface area contributed by atoms with Crippen molar-refractivity contribution in [1.82, 2.24) is 5.16 Å². The van der Waals surface area contributed by atoms with E-state index in [4.69, 9.17) is 9.26 Å². The van der Waals surface area contributed by atoms with E-state index in [2.05, 4.69) is 26.4 Å². The zero-order chi connectivity index (χ0) is 16.9. The van der Waals surface area contributed by atoms with Gasteiger partial charge in [0.2, 0.25) is 5.91 Å². The summed E-state index contributed by atoms with van der Waals surface area (Å²) in [5, 5.41) is 6.78. The molecule has 6 heteroatoms. The number of aromatic nitrogens is 1. The molecule has 0 saturated heterocycles. The van der Waals surface area contributed by atoms with Crippen LogP contribution in [-0.4, -0.2) is 18.2 Å². The number of carbonyl (C=O) groups excluding carboxylic acids is 1. The Morgan fingerprint density at radius 2 is 2.00 bits per heavy atom. The summed E-state index contributed by atoms with van der Waals surface area (Å²) in [6.07, 6.45) is 0.142. The van der Waals surface area contributed by atoms with Crippen molar-refractivity contribution in [2.45, 2.75) is 6.42 Å². The molecular weight excluding hydrogens is 372 g/mol. The van der Waals surface area contributed by atoms with E-state index < -0.39 is 0 Å². The zero-order valence-corrected chi connectivity index (χ0v) is 14.5. The van der Waals surface area contributed by atoms with Crippen molar-refractivity contribution in [3.05, 3.63) is 64.8 Å². The molecule has 5 nitrogen and oxygen atoms in total. The largest absolute Gasteiger partial charge is 0.497 e. The number of nitrogens with zero attached hydrogens (tertiary/aromatic N) is 1. The van der Waals surface area contributed by atoms with Gasteiger partial charge in [0, 0.05) is 21.8 Å². The first-order valence-electron chi connectivity index (χ1n) is 7.29. The molecular formula is C18H15BrN2O3. The van der Waals surface area contributed by atoms with Gasteiger partial charge in [-0.25, -0.2) is 0 Å². The van der Waals surface area contributed by atoms with Gasteiger partial charge in [0.15, 0.2) is 5.76 Å². The molecule has 0 saturated carbocycles. The van der Waals surface area contributed by atoms with E-state index in [9.17, 15) is 4.79 Å². The number of nitrogens with one attached hydrogen (secondary N) is 1. The van der Waals surface area contributed by atoms with Crippen molar-refractivity contribution in [2.24, 2.45) is 0 Å². The number of amides is 1. The highest BCUT2D eigenvalue weighted by atomic mass is 79.9. The second-order valence-electron chi connectivity index (χ2n) is 5.15. The van der Waals surface area contributed by atoms with E-state index >= 15 is 0 Å². The molecule has 0 unspecified atom stereocenters. The minimum atomic E-state index is -0.150. The monoisotopic (exact) mass is 386 g/mol. The maximum absolute atomic E-state index is 12.1. The van der Waals surface area contributed by atoms with Crippen LogP contribution >= 0.6 is 15.9 Å². The predicted molar refractivity (Wildman–Crippen MR) is 95.0 cm³/mol. The van der Waals surface area contributed by atoms with E-state index in [1.54, 1.807) is 13.2 Å². The van der Waals surface area contributed by atoms with E-state index in [0.29, 0.717) is 11.5 Å². The maximum atomic E-state index is 12.1. The predicted octanol–water partition coefficient (Wildman–Crippen LogP) is 4.29. The van der Waals surface area contributed by atoms with E-state index in [1.807, 2.05) is 48.5 Å². The van der Waals surface area contributed by atoms with Crippen LogP contribution in [0.25, 0.3) is 11.3 Å². The lowest BCUT2D eigenvalue weighted by Crippen LogP contribution is -2.14. The summed E-state index contributed by atoms with van der Waals surface area (Å²) in [7, 11) is 1.61. The standard InChI is InChI=1S/C18H15BrN2O3/c1-23-16-4-2-3-12(9-16)17-10-15(21-24-17)11-18(22)20-14-7-5-13(19)6-8-14/h2-10H,11H2,1H3,(H,20,22). The van der Waals surface area contributed by atoms with Crippen LogP contribution in [0.3, 0.4) is 0 Å². The topological polar surface area (TPSA) is 64.4 Å². The molecule has 1 amide bonds. The highest BCUT2D eigenvalue weighted by Gasteiger charge is 2.11. The van der Waals surface area contributed by atoms with Gasteiger partial charge in [-0.2, -0.15) is 0 Å². The van der Waals surface area contributed by atoms with Crippen LogP contribution < -0.4 is 10.1 Å². The number of methoxy groups -OCH3 is 1. The SMILES string of the molecule is COc1cccc(-c2cc(CC(=O)Nc3ccc(Br)cc3)no2)c1. The van der Waals surface area contributed by atoms with Crippen LogP contribution in [0.4, 0.5) is 5.69 Å². The lowest BCUT2D eigenvalue weighted by molar-refractivity contribution is -0.115. The van der Waals surface area contributed by atoms with E-state index in [-0.39, 0.29) is 12.3 Å². The zero-order valence-electron chi connectivity index (χ0n) is 13.0. The van der Waals surface area contributed by atoms with Gasteiger partial charge in [-0.3, -0.25) is 4.79 Å². The molecule has 1 aromatic heterocycles. The third-order valence-corrected chi connectivity index (χ3v) is 3.91. The summed E-state index contributed by atoms with van der Waals surface area (Å²) >= 11 is 3.36. The van der Waals surface area contributed by atoms with Gasteiger partial charge in [-0.05, 0) is 36.4 Å². The molecule has 122 valence electrons. The molecule has 0 aliphatic heterocycles. The summed E-state index contributed by atoms with van der Waals surface area (Å²) in [5.41, 5.74) is 2.16. The Bertz CT molecular complexity index is 843. The van der Waals surface area contributed by atoms with E-state index in [0.717, 1.165) is 21.5 Å². The number of rotatable bonds is 5. The molecule has 0 fully saturated rings. The van der Waals surface area contributed by atoms with Crippen molar-refractivity contribution < 1.29 is 14.1 Å². The highest BCUT2D eigenvalue weighted by Crippen LogP contribution is 2.24. The Morgan fingerprint density at radius 1 is 1.21 bits per heavy atom. The average Bonchev–Trinajstić information content (AvgIpc) is 3.05. The van der Waals surface area contributed by atoms with Crippen LogP contribution in [-0.2, 0) is 11.2 Å². The number of hydrogen-bond acceptors (Lipinski definition) is 4. The number of halogens is 1. The van der Waals surface area contributed by atoms with Crippen LogP contribution in [0.1, 0.15) is 5.69 Å². The second kappa shape index (κ2) is 7.31. The van der Waals surface area contributed by atoms with E-state index in [1.165, 1.54) is 0 Å². The smallest absolute Gasteiger partial charge is 0.230 e. The van der Waals surface area contributed by atoms with Gasteiger partial charge >= 0.3 is 0 Å². The molecule has 0 aliphatic carbocycles. The Morgan fingerprint density at radius 3 is 2.75 bits per heavy atom. The second-order valence-corrected chi connectivity index (χ2v) is 6.06. The molecule has 2 aromatic carbocycles. The third-order valence-electron chi connectivity index (χ3n) is 3.38. The maximum Gasteiger partial charge on any atom is 0.230 e. The van der Waals surface area contributed by atoms with Crippen molar-refractivity contribution in [3.63, 3.8) is 0 Å². The molecule has 0 bridgehead atoms. The van der Waals surface area contributed by atoms with Crippen molar-refractivity contribution in [1.29, 1.82) is 0 Å². The van der Waals surface area contributed by atoms with Crippen LogP contribution in [0.2, 0.25) is 0 Å². The highest BCUT2D eigenvalue weighted by molar-refractivity contribution is 9.10. The molecule has 24 heavy (non-hydrogen) atoms. The number of hydrogen-bond donors (Lipinski definition) is 1. The minimum Gasteiger partial charge on any atom is -0.497 e. The normalized spacial score (nSPS) is 10.4. The summed E-state index contributed by atoms with van der Waals surface area (Å²) in [6, 6.07) is 16.6. The quantitative estimate of drug-likeness (QED) is 0.709. The number of anilines is 1. The van der Waals surface area contributed by atoms with Crippen molar-refractivity contribution in [2.75, 3.05) is 12.4 Å². The molecule has 0 atom stereocenters. The Kier molecular flexibility index (Phi) is 4.96. The fraction of sp³-hybridized carbons (Fsp3) is 0.111. The first-order chi connectivity index (χ1) is 11.6. The summed E-state index contributed by atoms with van der Waals surface area (Å²) < 4.78 is 11.5. The van der Waals surface area contributed by atoms with Crippen LogP contribution in [0.15, 0.2) is 63.6 Å². The fourth-order valence-corrected chi connectivity index (χ4v) is 2.47. The number of benzene rings is 2. The lowest BCUT2D eigenvalue weighted by atomic mass is 10.1. The van der Waals surface area contributed by atoms with Gasteiger partial charge < -0.3 is 14.6 Å². The third kappa shape index (κ3) is 4.02. The Labute approximate surface area is 147 Å². The summed E-state index contributed by atoms with van der Waals surface area (Å²) in [6.45, 7) is 0. The number of carbonyl (C=O) groups is 1. The van der Waals surface area contributed by atoms with Gasteiger partial charge in [0.05, 0.1) is 19.2 Å². The minimum absolute atomic E-state index is 0.142. The molecule has 0 aliphatic rings. The first kappa shape index (κ1) is 16.3. The fourth-order valence-electron chi connectivity index (χ4n) is 2.21. The first-order valence-corrected chi connectivity index (χ1v) is 8.09.